The Labute approximate surface area is 318 Å². The van der Waals surface area contributed by atoms with Gasteiger partial charge in [-0.2, -0.15) is 0 Å². The average Bonchev–Trinajstić information content (AvgIpc) is 3.43. The normalized spacial score (nSPS) is 29.5. The summed E-state index contributed by atoms with van der Waals surface area (Å²) in [5, 5.41) is 28.4. The van der Waals surface area contributed by atoms with Crippen molar-refractivity contribution in [3.63, 3.8) is 0 Å². The van der Waals surface area contributed by atoms with Crippen molar-refractivity contribution < 1.29 is 72.8 Å². The lowest BCUT2D eigenvalue weighted by Gasteiger charge is -2.59. The van der Waals surface area contributed by atoms with Crippen LogP contribution in [0.5, 0.6) is 11.5 Å². The van der Waals surface area contributed by atoms with Gasteiger partial charge in [0.15, 0.2) is 29.5 Å². The first kappa shape index (κ1) is 41.6. The number of fused-ring (bicyclic) bond motifs is 5. The lowest BCUT2D eigenvalue weighted by atomic mass is 9.46. The third kappa shape index (κ3) is 8.78. The maximum Gasteiger partial charge on any atom is 0.514 e. The quantitative estimate of drug-likeness (QED) is 0.0514. The van der Waals surface area contributed by atoms with E-state index < -0.39 is 58.6 Å². The molecule has 0 unspecified atom stereocenters. The summed E-state index contributed by atoms with van der Waals surface area (Å²) >= 11 is 0. The summed E-state index contributed by atoms with van der Waals surface area (Å²) in [5.74, 6) is -1.68. The number of Topliss-reactive ketones (excluding diaryl/α,β-unsaturated/α-hetero) is 1. The van der Waals surface area contributed by atoms with Crippen LogP contribution in [-0.2, 0) is 38.2 Å². The van der Waals surface area contributed by atoms with Crippen molar-refractivity contribution in [3.8, 4) is 11.5 Å². The van der Waals surface area contributed by atoms with Crippen LogP contribution in [0.15, 0.2) is 48.1 Å². The van der Waals surface area contributed by atoms with E-state index in [-0.39, 0.29) is 67.7 Å². The van der Waals surface area contributed by atoms with Crippen LogP contribution in [0.25, 0.3) is 6.08 Å². The molecule has 0 amide bonds. The van der Waals surface area contributed by atoms with Gasteiger partial charge in [0.05, 0.1) is 38.4 Å². The summed E-state index contributed by atoms with van der Waals surface area (Å²) < 4.78 is 32.2. The second kappa shape index (κ2) is 17.5. The molecule has 16 nitrogen and oxygen atoms in total. The molecular weight excluding hydrogens is 722 g/mol. The van der Waals surface area contributed by atoms with E-state index in [4.69, 9.17) is 38.8 Å². The van der Waals surface area contributed by atoms with Crippen LogP contribution >= 0.6 is 0 Å². The lowest BCUT2D eigenvalue weighted by Crippen LogP contribution is -2.63. The first-order valence-corrected chi connectivity index (χ1v) is 18.4. The largest absolute Gasteiger partial charge is 0.514 e. The predicted molar refractivity (Wildman–Crippen MR) is 189 cm³/mol. The monoisotopic (exact) mass is 771 g/mol. The highest BCUT2D eigenvalue weighted by atomic mass is 17.1. The third-order valence-corrected chi connectivity index (χ3v) is 11.7. The van der Waals surface area contributed by atoms with E-state index in [0.717, 1.165) is 5.57 Å². The molecule has 0 aromatic heterocycles. The predicted octanol–water partition coefficient (Wildman–Crippen LogP) is 5.32. The topological polar surface area (TPSA) is 214 Å². The van der Waals surface area contributed by atoms with E-state index in [1.54, 1.807) is 25.1 Å². The van der Waals surface area contributed by atoms with Gasteiger partial charge in [-0.1, -0.05) is 31.6 Å². The number of nitrogens with zero attached hydrogens (tertiary/aromatic N) is 1. The molecule has 0 radical (unpaired) electrons. The Kier molecular flexibility index (Phi) is 13.2. The van der Waals surface area contributed by atoms with Crippen molar-refractivity contribution in [1.82, 2.24) is 5.39 Å². The minimum atomic E-state index is -1.77. The van der Waals surface area contributed by atoms with Gasteiger partial charge in [0, 0.05) is 22.8 Å². The molecule has 55 heavy (non-hydrogen) atoms. The molecule has 5 rings (SSSR count). The molecule has 3 fully saturated rings. The molecule has 0 saturated heterocycles. The number of benzene rings is 1. The van der Waals surface area contributed by atoms with E-state index >= 15 is 0 Å². The molecule has 4 aliphatic carbocycles. The van der Waals surface area contributed by atoms with Gasteiger partial charge in [0.2, 0.25) is 5.78 Å². The number of methoxy groups -OCH3 is 1. The van der Waals surface area contributed by atoms with Gasteiger partial charge in [0.1, 0.15) is 0 Å². The van der Waals surface area contributed by atoms with Crippen molar-refractivity contribution in [2.45, 2.75) is 77.4 Å². The van der Waals surface area contributed by atoms with Crippen LogP contribution in [0.1, 0.15) is 71.3 Å². The lowest BCUT2D eigenvalue weighted by molar-refractivity contribution is -0.492. The zero-order valence-corrected chi connectivity index (χ0v) is 31.4. The van der Waals surface area contributed by atoms with Crippen molar-refractivity contribution >= 4 is 35.9 Å². The molecule has 0 spiro atoms. The zero-order chi connectivity index (χ0) is 40.0. The Morgan fingerprint density at radius 3 is 2.49 bits per heavy atom. The minimum Gasteiger partial charge on any atom is -0.493 e. The van der Waals surface area contributed by atoms with Gasteiger partial charge in [-0.25, -0.2) is 14.4 Å². The number of allylic oxidation sites excluding steroid dienone is 4. The molecule has 1 aromatic rings. The number of aliphatic hydroxyl groups excluding tert-OH is 1. The summed E-state index contributed by atoms with van der Waals surface area (Å²) in [4.78, 5) is 68.8. The Morgan fingerprint density at radius 2 is 1.76 bits per heavy atom. The Hall–Kier alpha value is -4.61. The number of hydrogen-bond acceptors (Lipinski definition) is 16. The molecule has 16 heteroatoms. The Balaban J connectivity index is 1.24. The fourth-order valence-electron chi connectivity index (χ4n) is 9.25. The van der Waals surface area contributed by atoms with Crippen LogP contribution < -0.4 is 9.47 Å². The fourth-order valence-corrected chi connectivity index (χ4v) is 9.25. The Bertz CT molecular complexity index is 1720. The summed E-state index contributed by atoms with van der Waals surface area (Å²) in [6.07, 6.45) is 7.57. The number of rotatable bonds is 15. The van der Waals surface area contributed by atoms with Gasteiger partial charge >= 0.3 is 18.3 Å². The highest BCUT2D eigenvalue weighted by molar-refractivity contribution is 6.01. The van der Waals surface area contributed by atoms with Crippen molar-refractivity contribution in [1.29, 1.82) is 0 Å². The molecule has 0 aliphatic heterocycles. The second-order valence-electron chi connectivity index (χ2n) is 14.6. The fraction of sp³-hybridized carbons (Fsp3) is 0.564. The molecule has 0 heterocycles. The maximum atomic E-state index is 14.2. The van der Waals surface area contributed by atoms with Crippen LogP contribution in [0.4, 0.5) is 9.59 Å². The standard InChI is InChI=1S/C39H49NO15/c1-5-50-36(46)55-39(17-15-28-27-11-10-25-21-26(41)14-16-37(25,2)34(27)29(42)22-38(28,39)3)32(43)23-52-35(45)54-30-12-8-24(20-31(30)49-4)9-13-33(44)51-18-6-7-19-53-40(47)48/h8-9,12-14,16,20-21,27-29,34,42,47-48H,5-7,10-11,15,17-19,22-23H2,1-4H3/b13-9+/t27-,28-,29-,34+,37-,38-,39-/m0/s1. The molecule has 300 valence electrons. The van der Waals surface area contributed by atoms with E-state index in [2.05, 4.69) is 4.84 Å². The number of ketones is 2. The number of aliphatic hydroxyl groups is 1. The van der Waals surface area contributed by atoms with Gasteiger partial charge < -0.3 is 33.5 Å². The number of carbonyl (C=O) groups is 5. The summed E-state index contributed by atoms with van der Waals surface area (Å²) in [6, 6.07) is 4.45. The van der Waals surface area contributed by atoms with E-state index in [9.17, 15) is 29.1 Å². The minimum absolute atomic E-state index is 0.00716. The molecule has 3 N–H and O–H groups in total. The van der Waals surface area contributed by atoms with Crippen molar-refractivity contribution in [3.05, 3.63) is 53.6 Å². The number of esters is 1. The van der Waals surface area contributed by atoms with Crippen molar-refractivity contribution in [2.24, 2.45) is 28.6 Å². The number of unbranched alkanes of at least 4 members (excludes halogenated alkanes) is 1. The van der Waals surface area contributed by atoms with Crippen LogP contribution in [0, 0.1) is 28.6 Å². The van der Waals surface area contributed by atoms with Crippen LogP contribution in [0.3, 0.4) is 0 Å². The van der Waals surface area contributed by atoms with Crippen LogP contribution in [0.2, 0.25) is 0 Å². The molecule has 3 saturated carbocycles. The van der Waals surface area contributed by atoms with Gasteiger partial charge in [-0.3, -0.25) is 24.8 Å². The maximum absolute atomic E-state index is 14.2. The van der Waals surface area contributed by atoms with E-state index in [1.807, 2.05) is 19.9 Å². The van der Waals surface area contributed by atoms with Gasteiger partial charge in [0.25, 0.3) is 0 Å². The second-order valence-corrected chi connectivity index (χ2v) is 14.6. The number of hydrogen-bond donors (Lipinski definition) is 3. The van der Waals surface area contributed by atoms with Crippen LogP contribution in [-0.4, -0.2) is 96.0 Å². The Morgan fingerprint density at radius 1 is 1.00 bits per heavy atom. The van der Waals surface area contributed by atoms with Crippen molar-refractivity contribution in [2.75, 3.05) is 33.5 Å². The first-order valence-electron chi connectivity index (χ1n) is 18.4. The number of carbonyl (C=O) groups excluding carboxylic acids is 5. The molecule has 7 atom stereocenters. The molecule has 0 bridgehead atoms. The van der Waals surface area contributed by atoms with Gasteiger partial charge in [-0.15, -0.1) is 0 Å². The SMILES string of the molecule is CCOC(=O)O[C@]1(C(=O)COC(=O)Oc2ccc(/C=C/C(=O)OCCCCON(O)O)cc2OC)CC[C@H]2[C@@H]3CCC4=CC(=O)C=C[C@]4(C)[C@H]3[C@@H](O)C[C@@]21C. The highest BCUT2D eigenvalue weighted by Crippen LogP contribution is 2.68. The summed E-state index contributed by atoms with van der Waals surface area (Å²) in [5.41, 5.74) is -1.84. The summed E-state index contributed by atoms with van der Waals surface area (Å²) in [6.45, 7) is 4.82. The van der Waals surface area contributed by atoms with E-state index in [0.29, 0.717) is 37.7 Å². The highest BCUT2D eigenvalue weighted by Gasteiger charge is 2.70. The number of ether oxygens (including phenoxy) is 6. The smallest absolute Gasteiger partial charge is 0.493 e. The first-order chi connectivity index (χ1) is 26.2. The molecule has 4 aliphatic rings. The molecular formula is C39H49NO15. The van der Waals surface area contributed by atoms with E-state index in [1.165, 1.54) is 31.4 Å². The molecule has 1 aromatic carbocycles. The van der Waals surface area contributed by atoms with Gasteiger partial charge in [-0.05, 0) is 99.6 Å². The average molecular weight is 772 g/mol. The zero-order valence-electron chi connectivity index (χ0n) is 31.4. The summed E-state index contributed by atoms with van der Waals surface area (Å²) in [7, 11) is 1.35. The third-order valence-electron chi connectivity index (χ3n) is 11.7.